The Morgan fingerprint density at radius 3 is 2.70 bits per heavy atom. The van der Waals surface area contributed by atoms with E-state index >= 15 is 0 Å². The van der Waals surface area contributed by atoms with E-state index in [1.54, 1.807) is 12.1 Å². The normalized spacial score (nSPS) is 13.0. The Morgan fingerprint density at radius 1 is 1.26 bits per heavy atom. The van der Waals surface area contributed by atoms with Gasteiger partial charge in [-0.2, -0.15) is 0 Å². The molecule has 27 heavy (non-hydrogen) atoms. The van der Waals surface area contributed by atoms with Crippen LogP contribution >= 0.6 is 22.9 Å². The largest absolute Gasteiger partial charge is 0.344 e. The minimum absolute atomic E-state index is 0.0101. The van der Waals surface area contributed by atoms with Gasteiger partial charge in [-0.3, -0.25) is 14.9 Å². The van der Waals surface area contributed by atoms with Crippen molar-refractivity contribution >= 4 is 39.9 Å². The summed E-state index contributed by atoms with van der Waals surface area (Å²) in [5, 5.41) is 15.5. The molecule has 0 aliphatic rings. The summed E-state index contributed by atoms with van der Waals surface area (Å²) in [7, 11) is 0. The van der Waals surface area contributed by atoms with Crippen LogP contribution in [0.2, 0.25) is 5.02 Å². The second-order valence-corrected chi connectivity index (χ2v) is 7.86. The lowest BCUT2D eigenvalue weighted by Crippen LogP contribution is -2.47. The van der Waals surface area contributed by atoms with Crippen LogP contribution in [0.15, 0.2) is 24.3 Å². The molecular formula is C19H25ClN4O2S. The molecule has 1 aromatic carbocycles. The Bertz CT molecular complexity index is 781. The van der Waals surface area contributed by atoms with Crippen molar-refractivity contribution in [2.75, 3.05) is 5.32 Å². The Morgan fingerprint density at radius 2 is 2.04 bits per heavy atom. The lowest BCUT2D eigenvalue weighted by atomic mass is 9.98. The maximum Gasteiger partial charge on any atom is 0.249 e. The van der Waals surface area contributed by atoms with Gasteiger partial charge in [0.15, 0.2) is 0 Å². The number of unbranched alkanes of at least 4 members (excludes halogenated alkanes) is 1. The molecule has 0 aliphatic heterocycles. The van der Waals surface area contributed by atoms with Crippen molar-refractivity contribution in [3.63, 3.8) is 0 Å². The van der Waals surface area contributed by atoms with Gasteiger partial charge in [-0.05, 0) is 24.5 Å². The minimum Gasteiger partial charge on any atom is -0.344 e. The fourth-order valence-corrected chi connectivity index (χ4v) is 3.41. The maximum atomic E-state index is 12.7. The molecule has 1 aromatic heterocycles. The lowest BCUT2D eigenvalue weighted by molar-refractivity contribution is -0.127. The number of carbonyl (C=O) groups excluding carboxylic acids is 2. The highest BCUT2D eigenvalue weighted by molar-refractivity contribution is 7.18. The monoisotopic (exact) mass is 408 g/mol. The molecule has 2 N–H and O–H groups in total. The summed E-state index contributed by atoms with van der Waals surface area (Å²) in [5.41, 5.74) is 0.840. The van der Waals surface area contributed by atoms with Crippen LogP contribution in [0.4, 0.5) is 5.13 Å². The molecule has 1 heterocycles. The van der Waals surface area contributed by atoms with Crippen LogP contribution in [0.5, 0.6) is 0 Å². The van der Waals surface area contributed by atoms with Gasteiger partial charge in [0, 0.05) is 17.0 Å². The molecule has 0 fully saturated rings. The molecule has 0 saturated carbocycles. The van der Waals surface area contributed by atoms with Crippen LogP contribution < -0.4 is 10.6 Å². The smallest absolute Gasteiger partial charge is 0.249 e. The van der Waals surface area contributed by atoms with E-state index in [4.69, 9.17) is 11.6 Å². The van der Waals surface area contributed by atoms with Crippen LogP contribution in [0.3, 0.4) is 0 Å². The fraction of sp³-hybridized carbons (Fsp3) is 0.474. The first kappa shape index (κ1) is 21.3. The van der Waals surface area contributed by atoms with Crippen LogP contribution in [0.1, 0.15) is 46.5 Å². The van der Waals surface area contributed by atoms with Gasteiger partial charge in [-0.1, -0.05) is 68.7 Å². The van der Waals surface area contributed by atoms with E-state index in [-0.39, 0.29) is 17.7 Å². The fourth-order valence-electron chi connectivity index (χ4n) is 2.48. The third kappa shape index (κ3) is 6.29. The highest BCUT2D eigenvalue weighted by Crippen LogP contribution is 2.28. The van der Waals surface area contributed by atoms with Crippen LogP contribution in [-0.2, 0) is 9.59 Å². The van der Waals surface area contributed by atoms with Crippen LogP contribution in [0.25, 0.3) is 10.6 Å². The van der Waals surface area contributed by atoms with Gasteiger partial charge in [0.1, 0.15) is 11.0 Å². The van der Waals surface area contributed by atoms with Crippen molar-refractivity contribution < 1.29 is 9.59 Å². The quantitative estimate of drug-likeness (QED) is 0.638. The number of amides is 2. The summed E-state index contributed by atoms with van der Waals surface area (Å²) in [6.07, 6.45) is 2.94. The number of nitrogens with one attached hydrogen (secondary N) is 2. The van der Waals surface area contributed by atoms with Crippen molar-refractivity contribution in [1.82, 2.24) is 15.5 Å². The highest BCUT2D eigenvalue weighted by Gasteiger charge is 2.26. The summed E-state index contributed by atoms with van der Waals surface area (Å²) in [6.45, 7) is 5.96. The molecule has 2 atom stereocenters. The number of rotatable bonds is 9. The molecule has 0 aliphatic carbocycles. The summed E-state index contributed by atoms with van der Waals surface area (Å²) in [6, 6.07) is 6.70. The first-order valence-corrected chi connectivity index (χ1v) is 10.3. The molecule has 2 rings (SSSR count). The molecule has 0 radical (unpaired) electrons. The number of benzene rings is 1. The first-order valence-electron chi connectivity index (χ1n) is 9.14. The van der Waals surface area contributed by atoms with E-state index in [2.05, 4.69) is 20.8 Å². The maximum absolute atomic E-state index is 12.7. The molecule has 0 saturated heterocycles. The van der Waals surface area contributed by atoms with Gasteiger partial charge in [-0.25, -0.2) is 0 Å². The van der Waals surface area contributed by atoms with Crippen LogP contribution in [-0.4, -0.2) is 28.1 Å². The van der Waals surface area contributed by atoms with Gasteiger partial charge in [0.05, 0.1) is 0 Å². The third-order valence-corrected chi connectivity index (χ3v) is 5.42. The zero-order valence-corrected chi connectivity index (χ0v) is 17.4. The first-order chi connectivity index (χ1) is 12.9. The van der Waals surface area contributed by atoms with Crippen molar-refractivity contribution in [3.8, 4) is 10.6 Å². The number of aromatic nitrogens is 2. The summed E-state index contributed by atoms with van der Waals surface area (Å²) in [4.78, 5) is 24.8. The molecule has 0 bridgehead atoms. The Labute approximate surface area is 168 Å². The van der Waals surface area contributed by atoms with E-state index in [0.717, 1.165) is 24.8 Å². The SMILES string of the molecule is CCCCC(=O)N[C@@H](C(=O)Nc1nnc(-c2cccc(Cl)c2)s1)[C@H](C)CC. The number of anilines is 1. The van der Waals surface area contributed by atoms with E-state index < -0.39 is 6.04 Å². The summed E-state index contributed by atoms with van der Waals surface area (Å²) < 4.78 is 0. The van der Waals surface area contributed by atoms with Crippen LogP contribution in [0, 0.1) is 5.92 Å². The van der Waals surface area contributed by atoms with Crippen molar-refractivity contribution in [2.24, 2.45) is 5.92 Å². The molecule has 146 valence electrons. The van der Waals surface area contributed by atoms with Crippen molar-refractivity contribution in [1.29, 1.82) is 0 Å². The molecule has 6 nitrogen and oxygen atoms in total. The average Bonchev–Trinajstić information content (AvgIpc) is 3.12. The molecule has 2 amide bonds. The summed E-state index contributed by atoms with van der Waals surface area (Å²) >= 11 is 7.28. The van der Waals surface area contributed by atoms with Gasteiger partial charge < -0.3 is 5.32 Å². The number of hydrogen-bond donors (Lipinski definition) is 2. The Kier molecular flexibility index (Phi) is 8.19. The topological polar surface area (TPSA) is 84.0 Å². The number of nitrogens with zero attached hydrogens (tertiary/aromatic N) is 2. The van der Waals surface area contributed by atoms with Gasteiger partial charge in [-0.15, -0.1) is 10.2 Å². The van der Waals surface area contributed by atoms with Gasteiger partial charge in [0.25, 0.3) is 0 Å². The predicted molar refractivity (Wildman–Crippen MR) is 110 cm³/mol. The van der Waals surface area contributed by atoms with E-state index in [0.29, 0.717) is 21.6 Å². The lowest BCUT2D eigenvalue weighted by Gasteiger charge is -2.22. The zero-order chi connectivity index (χ0) is 19.8. The van der Waals surface area contributed by atoms with E-state index in [1.165, 1.54) is 11.3 Å². The average molecular weight is 409 g/mol. The van der Waals surface area contributed by atoms with Crippen molar-refractivity contribution in [3.05, 3.63) is 29.3 Å². The number of hydrogen-bond acceptors (Lipinski definition) is 5. The molecule has 8 heteroatoms. The molecule has 2 aromatic rings. The molecular weight excluding hydrogens is 384 g/mol. The highest BCUT2D eigenvalue weighted by atomic mass is 35.5. The van der Waals surface area contributed by atoms with Gasteiger partial charge >= 0.3 is 0 Å². The third-order valence-electron chi connectivity index (χ3n) is 4.30. The van der Waals surface area contributed by atoms with Gasteiger partial charge in [0.2, 0.25) is 16.9 Å². The number of carbonyl (C=O) groups is 2. The minimum atomic E-state index is -0.599. The second-order valence-electron chi connectivity index (χ2n) is 6.45. The van der Waals surface area contributed by atoms with E-state index in [9.17, 15) is 9.59 Å². The Hall–Kier alpha value is -1.99. The van der Waals surface area contributed by atoms with E-state index in [1.807, 2.05) is 32.9 Å². The van der Waals surface area contributed by atoms with Crippen molar-refractivity contribution in [2.45, 2.75) is 52.5 Å². The Balaban J connectivity index is 2.07. The second kappa shape index (κ2) is 10.4. The molecule has 0 spiro atoms. The zero-order valence-electron chi connectivity index (χ0n) is 15.8. The number of halogens is 1. The predicted octanol–water partition coefficient (Wildman–Crippen LogP) is 4.52. The molecule has 0 unspecified atom stereocenters. The standard InChI is InChI=1S/C19H25ClN4O2S/c1-4-6-10-15(25)21-16(12(3)5-2)17(26)22-19-24-23-18(27-19)13-8-7-9-14(20)11-13/h7-9,11-12,16H,4-6,10H2,1-3H3,(H,21,25)(H,22,24,26)/t12-,16-/m1/s1. The summed E-state index contributed by atoms with van der Waals surface area (Å²) in [5.74, 6) is -0.368.